The van der Waals surface area contributed by atoms with Crippen molar-refractivity contribution in [1.29, 1.82) is 0 Å². The minimum absolute atomic E-state index is 0.147. The lowest BCUT2D eigenvalue weighted by Gasteiger charge is -2.34. The number of carbonyl (C=O) groups excluding carboxylic acids is 1. The molecule has 1 aromatic rings. The third-order valence-corrected chi connectivity index (χ3v) is 4.68. The van der Waals surface area contributed by atoms with E-state index in [1.54, 1.807) is 6.33 Å². The summed E-state index contributed by atoms with van der Waals surface area (Å²) in [4.78, 5) is 14.7. The second kappa shape index (κ2) is 5.52. The molecule has 6 heteroatoms. The van der Waals surface area contributed by atoms with Crippen molar-refractivity contribution in [1.82, 2.24) is 25.0 Å². The van der Waals surface area contributed by atoms with Gasteiger partial charge in [0.05, 0.1) is 5.92 Å². The van der Waals surface area contributed by atoms with Gasteiger partial charge in [0.15, 0.2) is 0 Å². The van der Waals surface area contributed by atoms with E-state index in [1.807, 2.05) is 16.5 Å². The topological polar surface area (TPSA) is 63.1 Å². The van der Waals surface area contributed by atoms with Crippen LogP contribution in [-0.2, 0) is 11.8 Å². The maximum absolute atomic E-state index is 12.7. The number of nitrogens with zero attached hydrogens (tertiary/aromatic N) is 4. The van der Waals surface area contributed by atoms with E-state index < -0.39 is 0 Å². The van der Waals surface area contributed by atoms with Gasteiger partial charge in [-0.2, -0.15) is 0 Å². The van der Waals surface area contributed by atoms with E-state index in [4.69, 9.17) is 0 Å². The molecular weight excluding hydrogens is 254 g/mol. The van der Waals surface area contributed by atoms with E-state index in [-0.39, 0.29) is 5.92 Å². The van der Waals surface area contributed by atoms with Crippen LogP contribution in [0.3, 0.4) is 0 Å². The third kappa shape index (κ3) is 2.44. The van der Waals surface area contributed by atoms with Crippen molar-refractivity contribution in [2.24, 2.45) is 18.9 Å². The normalized spacial score (nSPS) is 30.7. The van der Waals surface area contributed by atoms with Crippen molar-refractivity contribution in [3.05, 3.63) is 12.2 Å². The van der Waals surface area contributed by atoms with Crippen LogP contribution in [0.4, 0.5) is 0 Å². The van der Waals surface area contributed by atoms with Crippen LogP contribution in [0.2, 0.25) is 0 Å². The average molecular weight is 277 g/mol. The third-order valence-electron chi connectivity index (χ3n) is 4.68. The lowest BCUT2D eigenvalue weighted by Crippen LogP contribution is -2.44. The van der Waals surface area contributed by atoms with Crippen molar-refractivity contribution in [2.75, 3.05) is 26.2 Å². The van der Waals surface area contributed by atoms with Gasteiger partial charge in [-0.3, -0.25) is 4.79 Å². The lowest BCUT2D eigenvalue weighted by molar-refractivity contribution is -0.137. The van der Waals surface area contributed by atoms with Gasteiger partial charge in [0.1, 0.15) is 12.2 Å². The van der Waals surface area contributed by atoms with Crippen LogP contribution >= 0.6 is 0 Å². The van der Waals surface area contributed by atoms with Crippen LogP contribution in [0.15, 0.2) is 6.33 Å². The SMILES string of the molecule is C[C@@H]1CNC[C@H]1C(=O)N1CCCC(c2nncn2C)C1. The number of piperidine rings is 1. The molecule has 2 aliphatic rings. The summed E-state index contributed by atoms with van der Waals surface area (Å²) in [5, 5.41) is 11.5. The van der Waals surface area contributed by atoms with Crippen LogP contribution in [0.5, 0.6) is 0 Å². The molecule has 2 aliphatic heterocycles. The predicted molar refractivity (Wildman–Crippen MR) is 75.1 cm³/mol. The molecule has 0 aliphatic carbocycles. The Morgan fingerprint density at radius 1 is 1.45 bits per heavy atom. The van der Waals surface area contributed by atoms with Crippen molar-refractivity contribution < 1.29 is 4.79 Å². The summed E-state index contributed by atoms with van der Waals surface area (Å²) in [6, 6.07) is 0. The molecular formula is C14H23N5O. The minimum Gasteiger partial charge on any atom is -0.342 e. The van der Waals surface area contributed by atoms with Gasteiger partial charge in [0.2, 0.25) is 5.91 Å². The van der Waals surface area contributed by atoms with Crippen LogP contribution in [0.25, 0.3) is 0 Å². The molecule has 3 rings (SSSR count). The number of amides is 1. The number of nitrogens with one attached hydrogen (secondary N) is 1. The Hall–Kier alpha value is -1.43. The Balaban J connectivity index is 1.69. The highest BCUT2D eigenvalue weighted by atomic mass is 16.2. The largest absolute Gasteiger partial charge is 0.342 e. The molecule has 2 saturated heterocycles. The standard InChI is InChI=1S/C14H23N5O/c1-10-6-15-7-12(10)14(20)19-5-3-4-11(8-19)13-17-16-9-18(13)2/h9-12,15H,3-8H2,1-2H3/t10-,11?,12-/m1/s1. The van der Waals surface area contributed by atoms with Crippen LogP contribution < -0.4 is 5.32 Å². The molecule has 3 heterocycles. The van der Waals surface area contributed by atoms with E-state index in [1.165, 1.54) is 0 Å². The van der Waals surface area contributed by atoms with Crippen LogP contribution in [0, 0.1) is 11.8 Å². The zero-order valence-electron chi connectivity index (χ0n) is 12.2. The molecule has 0 spiro atoms. The van der Waals surface area contributed by atoms with Gasteiger partial charge in [-0.05, 0) is 25.3 Å². The Morgan fingerprint density at radius 2 is 2.30 bits per heavy atom. The molecule has 1 aromatic heterocycles. The quantitative estimate of drug-likeness (QED) is 0.849. The number of hydrogen-bond acceptors (Lipinski definition) is 4. The van der Waals surface area contributed by atoms with E-state index in [9.17, 15) is 4.79 Å². The van der Waals surface area contributed by atoms with Crippen LogP contribution in [0.1, 0.15) is 31.5 Å². The Kier molecular flexibility index (Phi) is 3.74. The summed E-state index contributed by atoms with van der Waals surface area (Å²) in [6.45, 7) is 5.61. The van der Waals surface area contributed by atoms with Crippen molar-refractivity contribution in [3.63, 3.8) is 0 Å². The number of aromatic nitrogens is 3. The van der Waals surface area contributed by atoms with E-state index in [2.05, 4.69) is 22.4 Å². The van der Waals surface area contributed by atoms with Crippen molar-refractivity contribution >= 4 is 5.91 Å². The van der Waals surface area contributed by atoms with E-state index in [0.29, 0.717) is 17.7 Å². The average Bonchev–Trinajstić information content (AvgIpc) is 3.07. The monoisotopic (exact) mass is 277 g/mol. The Morgan fingerprint density at radius 3 is 2.95 bits per heavy atom. The van der Waals surface area contributed by atoms with Gasteiger partial charge >= 0.3 is 0 Å². The van der Waals surface area contributed by atoms with E-state index >= 15 is 0 Å². The fourth-order valence-electron chi connectivity index (χ4n) is 3.42. The summed E-state index contributed by atoms with van der Waals surface area (Å²) in [7, 11) is 1.97. The number of rotatable bonds is 2. The molecule has 110 valence electrons. The number of hydrogen-bond donors (Lipinski definition) is 1. The fraction of sp³-hybridized carbons (Fsp3) is 0.786. The summed E-state index contributed by atoms with van der Waals surface area (Å²) in [5.74, 6) is 2.23. The van der Waals surface area contributed by atoms with Gasteiger partial charge in [0.25, 0.3) is 0 Å². The molecule has 2 fully saturated rings. The number of aryl methyl sites for hydroxylation is 1. The number of likely N-dealkylation sites (tertiary alicyclic amines) is 1. The maximum atomic E-state index is 12.7. The molecule has 0 radical (unpaired) electrons. The second-order valence-corrected chi connectivity index (χ2v) is 6.17. The van der Waals surface area contributed by atoms with E-state index in [0.717, 1.165) is 44.8 Å². The van der Waals surface area contributed by atoms with Gasteiger partial charge in [-0.1, -0.05) is 6.92 Å². The van der Waals surface area contributed by atoms with Gasteiger partial charge in [-0.25, -0.2) is 0 Å². The predicted octanol–water partition coefficient (Wildman–Crippen LogP) is 0.377. The maximum Gasteiger partial charge on any atom is 0.227 e. The molecule has 0 saturated carbocycles. The molecule has 1 unspecified atom stereocenters. The summed E-state index contributed by atoms with van der Waals surface area (Å²) in [6.07, 6.45) is 3.88. The van der Waals surface area contributed by atoms with Gasteiger partial charge in [0, 0.05) is 32.6 Å². The second-order valence-electron chi connectivity index (χ2n) is 6.17. The number of carbonyl (C=O) groups is 1. The minimum atomic E-state index is 0.147. The van der Waals surface area contributed by atoms with Crippen molar-refractivity contribution in [3.8, 4) is 0 Å². The first kappa shape index (κ1) is 13.5. The molecule has 3 atom stereocenters. The first-order chi connectivity index (χ1) is 9.66. The first-order valence-electron chi connectivity index (χ1n) is 7.50. The molecule has 20 heavy (non-hydrogen) atoms. The summed E-state index contributed by atoms with van der Waals surface area (Å²) in [5.41, 5.74) is 0. The summed E-state index contributed by atoms with van der Waals surface area (Å²) >= 11 is 0. The molecule has 0 bridgehead atoms. The lowest BCUT2D eigenvalue weighted by atomic mass is 9.92. The first-order valence-corrected chi connectivity index (χ1v) is 7.50. The smallest absolute Gasteiger partial charge is 0.227 e. The van der Waals surface area contributed by atoms with Gasteiger partial charge in [-0.15, -0.1) is 10.2 Å². The van der Waals surface area contributed by atoms with Crippen molar-refractivity contribution in [2.45, 2.75) is 25.7 Å². The highest BCUT2D eigenvalue weighted by Crippen LogP contribution is 2.27. The summed E-state index contributed by atoms with van der Waals surface area (Å²) < 4.78 is 1.97. The molecule has 1 N–H and O–H groups in total. The Labute approximate surface area is 119 Å². The zero-order chi connectivity index (χ0) is 14.1. The molecule has 1 amide bonds. The van der Waals surface area contributed by atoms with Gasteiger partial charge < -0.3 is 14.8 Å². The zero-order valence-corrected chi connectivity index (χ0v) is 12.2. The highest BCUT2D eigenvalue weighted by molar-refractivity contribution is 5.80. The Bertz CT molecular complexity index is 486. The molecule has 6 nitrogen and oxygen atoms in total. The fourth-order valence-corrected chi connectivity index (χ4v) is 3.42. The highest BCUT2D eigenvalue weighted by Gasteiger charge is 2.35. The molecule has 0 aromatic carbocycles. The van der Waals surface area contributed by atoms with Crippen LogP contribution in [-0.4, -0.2) is 51.8 Å².